The number of hydrogen-bond donors (Lipinski definition) is 1. The lowest BCUT2D eigenvalue weighted by Crippen LogP contribution is -2.18. The highest BCUT2D eigenvalue weighted by Crippen LogP contribution is 2.37. The van der Waals surface area contributed by atoms with Crippen LogP contribution in [0.15, 0.2) is 24.3 Å². The van der Waals surface area contributed by atoms with Crippen LogP contribution >= 0.6 is 0 Å². The molecule has 0 heterocycles. The average molecular weight is 203 g/mol. The van der Waals surface area contributed by atoms with Gasteiger partial charge in [-0.15, -0.1) is 0 Å². The third kappa shape index (κ3) is 2.82. The second-order valence-corrected chi connectivity index (χ2v) is 4.71. The molecule has 1 aromatic carbocycles. The first-order valence-electron chi connectivity index (χ1n) is 6.11. The predicted molar refractivity (Wildman–Crippen MR) is 64.8 cm³/mol. The molecule has 2 rings (SSSR count). The zero-order chi connectivity index (χ0) is 10.7. The zero-order valence-electron chi connectivity index (χ0n) is 9.58. The van der Waals surface area contributed by atoms with Gasteiger partial charge in [0.2, 0.25) is 0 Å². The van der Waals surface area contributed by atoms with Gasteiger partial charge in [-0.1, -0.05) is 31.2 Å². The Morgan fingerprint density at radius 1 is 1.20 bits per heavy atom. The third-order valence-corrected chi connectivity index (χ3v) is 3.52. The van der Waals surface area contributed by atoms with E-state index in [9.17, 15) is 0 Å². The minimum absolute atomic E-state index is 0.720. The Morgan fingerprint density at radius 3 is 2.27 bits per heavy atom. The van der Waals surface area contributed by atoms with Gasteiger partial charge in [0.1, 0.15) is 0 Å². The molecule has 0 spiro atoms. The summed E-state index contributed by atoms with van der Waals surface area (Å²) >= 11 is 0. The number of rotatable bonds is 5. The molecule has 0 radical (unpaired) electrons. The minimum atomic E-state index is 0.720. The molecule has 1 aliphatic carbocycles. The van der Waals surface area contributed by atoms with Crippen LogP contribution in [0.4, 0.5) is 0 Å². The maximum absolute atomic E-state index is 5.82. The summed E-state index contributed by atoms with van der Waals surface area (Å²) in [6.07, 6.45) is 5.10. The number of aryl methyl sites for hydroxylation is 1. The van der Waals surface area contributed by atoms with Crippen molar-refractivity contribution in [3.63, 3.8) is 0 Å². The van der Waals surface area contributed by atoms with Crippen molar-refractivity contribution in [2.45, 2.75) is 32.6 Å². The van der Waals surface area contributed by atoms with E-state index in [0.29, 0.717) is 0 Å². The second-order valence-electron chi connectivity index (χ2n) is 4.71. The van der Waals surface area contributed by atoms with Gasteiger partial charge in [-0.25, -0.2) is 0 Å². The second kappa shape index (κ2) is 4.80. The fourth-order valence-electron chi connectivity index (χ4n) is 2.22. The van der Waals surface area contributed by atoms with Gasteiger partial charge in [-0.2, -0.15) is 0 Å². The molecule has 15 heavy (non-hydrogen) atoms. The lowest BCUT2D eigenvalue weighted by molar-refractivity contribution is 0.471. The first kappa shape index (κ1) is 10.7. The Balaban J connectivity index is 1.96. The molecule has 2 N–H and O–H groups in total. The Bertz CT molecular complexity index is 298. The van der Waals surface area contributed by atoms with E-state index >= 15 is 0 Å². The van der Waals surface area contributed by atoms with Gasteiger partial charge in [0.25, 0.3) is 0 Å². The molecule has 1 nitrogen and oxygen atoms in total. The van der Waals surface area contributed by atoms with E-state index in [2.05, 4.69) is 31.2 Å². The molecular formula is C14H21N. The van der Waals surface area contributed by atoms with Crippen molar-refractivity contribution in [1.82, 2.24) is 0 Å². The van der Waals surface area contributed by atoms with E-state index in [1.807, 2.05) is 0 Å². The van der Waals surface area contributed by atoms with Crippen LogP contribution in [0.3, 0.4) is 0 Å². The fourth-order valence-corrected chi connectivity index (χ4v) is 2.22. The van der Waals surface area contributed by atoms with E-state index in [1.165, 1.54) is 30.4 Å². The molecule has 0 aromatic heterocycles. The number of benzene rings is 1. The van der Waals surface area contributed by atoms with Crippen molar-refractivity contribution in [2.24, 2.45) is 17.6 Å². The van der Waals surface area contributed by atoms with E-state index < -0.39 is 0 Å². The van der Waals surface area contributed by atoms with Crippen LogP contribution in [0.2, 0.25) is 0 Å². The van der Waals surface area contributed by atoms with Crippen LogP contribution < -0.4 is 5.73 Å². The molecule has 1 saturated carbocycles. The summed E-state index contributed by atoms with van der Waals surface area (Å²) in [6.45, 7) is 3.04. The third-order valence-electron chi connectivity index (χ3n) is 3.52. The molecule has 0 amide bonds. The lowest BCUT2D eigenvalue weighted by atomic mass is 9.94. The highest BCUT2D eigenvalue weighted by Gasteiger charge is 2.29. The normalized spacial score (nSPS) is 17.7. The van der Waals surface area contributed by atoms with Gasteiger partial charge >= 0.3 is 0 Å². The fraction of sp³-hybridized carbons (Fsp3) is 0.571. The topological polar surface area (TPSA) is 26.0 Å². The van der Waals surface area contributed by atoms with Crippen molar-refractivity contribution in [2.75, 3.05) is 6.54 Å². The van der Waals surface area contributed by atoms with Crippen LogP contribution in [0.1, 0.15) is 30.9 Å². The average Bonchev–Trinajstić information content (AvgIpc) is 3.10. The molecule has 1 atom stereocenters. The smallest absolute Gasteiger partial charge is 0.00430 e. The first-order valence-corrected chi connectivity index (χ1v) is 6.11. The van der Waals surface area contributed by atoms with E-state index in [0.717, 1.165) is 24.8 Å². The molecule has 1 unspecified atom stereocenters. The molecule has 1 heteroatoms. The quantitative estimate of drug-likeness (QED) is 0.782. The summed E-state index contributed by atoms with van der Waals surface area (Å²) in [6, 6.07) is 9.03. The van der Waals surface area contributed by atoms with Crippen LogP contribution in [0.5, 0.6) is 0 Å². The zero-order valence-corrected chi connectivity index (χ0v) is 9.58. The molecule has 0 aliphatic heterocycles. The number of nitrogens with two attached hydrogens (primary N) is 1. The van der Waals surface area contributed by atoms with Crippen molar-refractivity contribution in [3.05, 3.63) is 35.4 Å². The van der Waals surface area contributed by atoms with Gasteiger partial charge in [-0.05, 0) is 55.2 Å². The van der Waals surface area contributed by atoms with Crippen molar-refractivity contribution in [1.29, 1.82) is 0 Å². The highest BCUT2D eigenvalue weighted by atomic mass is 14.6. The molecule has 82 valence electrons. The Hall–Kier alpha value is -0.820. The summed E-state index contributed by atoms with van der Waals surface area (Å²) in [4.78, 5) is 0. The minimum Gasteiger partial charge on any atom is -0.330 e. The molecule has 0 bridgehead atoms. The van der Waals surface area contributed by atoms with Gasteiger partial charge in [-0.3, -0.25) is 0 Å². The van der Waals surface area contributed by atoms with E-state index in [1.54, 1.807) is 0 Å². The molecule has 1 aliphatic rings. The largest absolute Gasteiger partial charge is 0.330 e. The SMILES string of the molecule is CCc1ccc(CC(CN)C2CC2)cc1. The van der Waals surface area contributed by atoms with E-state index in [4.69, 9.17) is 5.73 Å². The Morgan fingerprint density at radius 2 is 1.80 bits per heavy atom. The van der Waals surface area contributed by atoms with Crippen LogP contribution in [-0.2, 0) is 12.8 Å². The Labute approximate surface area is 92.7 Å². The monoisotopic (exact) mass is 203 g/mol. The first-order chi connectivity index (χ1) is 7.33. The van der Waals surface area contributed by atoms with Crippen LogP contribution in [0.25, 0.3) is 0 Å². The van der Waals surface area contributed by atoms with Crippen LogP contribution in [-0.4, -0.2) is 6.54 Å². The van der Waals surface area contributed by atoms with Crippen molar-refractivity contribution >= 4 is 0 Å². The lowest BCUT2D eigenvalue weighted by Gasteiger charge is -2.13. The predicted octanol–water partition coefficient (Wildman–Crippen LogP) is 2.78. The van der Waals surface area contributed by atoms with Crippen LogP contribution in [0, 0.1) is 11.8 Å². The highest BCUT2D eigenvalue weighted by molar-refractivity contribution is 5.23. The molecular weight excluding hydrogens is 182 g/mol. The van der Waals surface area contributed by atoms with Crippen molar-refractivity contribution in [3.8, 4) is 0 Å². The number of hydrogen-bond acceptors (Lipinski definition) is 1. The van der Waals surface area contributed by atoms with Gasteiger partial charge in [0.15, 0.2) is 0 Å². The maximum Gasteiger partial charge on any atom is -0.00430 e. The van der Waals surface area contributed by atoms with E-state index in [-0.39, 0.29) is 0 Å². The summed E-state index contributed by atoms with van der Waals surface area (Å²) < 4.78 is 0. The molecule has 1 aromatic rings. The molecule has 0 saturated heterocycles. The molecule has 1 fully saturated rings. The van der Waals surface area contributed by atoms with Gasteiger partial charge in [0, 0.05) is 0 Å². The van der Waals surface area contributed by atoms with Gasteiger partial charge in [0.05, 0.1) is 0 Å². The summed E-state index contributed by atoms with van der Waals surface area (Å²) in [7, 11) is 0. The summed E-state index contributed by atoms with van der Waals surface area (Å²) in [5, 5.41) is 0. The standard InChI is InChI=1S/C14H21N/c1-2-11-3-5-12(6-4-11)9-14(10-15)13-7-8-13/h3-6,13-14H,2,7-10,15H2,1H3. The maximum atomic E-state index is 5.82. The summed E-state index contributed by atoms with van der Waals surface area (Å²) in [5.74, 6) is 1.64. The van der Waals surface area contributed by atoms with Crippen molar-refractivity contribution < 1.29 is 0 Å². The summed E-state index contributed by atoms with van der Waals surface area (Å²) in [5.41, 5.74) is 8.70. The van der Waals surface area contributed by atoms with Gasteiger partial charge < -0.3 is 5.73 Å². The Kier molecular flexibility index (Phi) is 3.42.